The van der Waals surface area contributed by atoms with Crippen molar-refractivity contribution in [3.63, 3.8) is 0 Å². The van der Waals surface area contributed by atoms with Crippen LogP contribution in [0.2, 0.25) is 0 Å². The van der Waals surface area contributed by atoms with Gasteiger partial charge in [0.1, 0.15) is 12.1 Å². The molecule has 0 aliphatic carbocycles. The maximum Gasteiger partial charge on any atom is 0.243 e. The molecule has 0 saturated heterocycles. The number of H-pyrrole nitrogens is 1. The fourth-order valence-electron chi connectivity index (χ4n) is 4.03. The van der Waals surface area contributed by atoms with E-state index in [2.05, 4.69) is 20.6 Å². The summed E-state index contributed by atoms with van der Waals surface area (Å²) in [7, 11) is 0. The van der Waals surface area contributed by atoms with Crippen LogP contribution in [0.3, 0.4) is 0 Å². The van der Waals surface area contributed by atoms with Crippen molar-refractivity contribution in [1.29, 1.82) is 0 Å². The van der Waals surface area contributed by atoms with Gasteiger partial charge in [-0.25, -0.2) is 0 Å². The van der Waals surface area contributed by atoms with Crippen LogP contribution < -0.4 is 33.6 Å². The molecular weight excluding hydrogens is 472 g/mol. The Bertz CT molecular complexity index is 1240. The lowest BCUT2D eigenvalue weighted by atomic mass is 10.0. The van der Waals surface area contributed by atoms with E-state index in [4.69, 9.17) is 22.9 Å². The highest BCUT2D eigenvalue weighted by Crippen LogP contribution is 2.19. The lowest BCUT2D eigenvalue weighted by Gasteiger charge is -2.23. The quantitative estimate of drug-likeness (QED) is 0.0947. The van der Waals surface area contributed by atoms with Crippen molar-refractivity contribution in [2.45, 2.75) is 43.8 Å². The standard InChI is InChI=1S/C26H34N8O3/c27-19(13-16-7-2-1-3-8-16)24(36)33-21(11-6-12-31-26(29)30)25(37)34-22(23(28)35)14-17-15-32-20-10-5-4-9-18(17)20/h1-5,7-10,15,19,21-22,32H,6,11-14,27H2,(H2,28,35)(H,33,36)(H,34,37)(H4,29,30,31)/t19-,21+,22+/m1/s1. The summed E-state index contributed by atoms with van der Waals surface area (Å²) >= 11 is 0. The summed E-state index contributed by atoms with van der Waals surface area (Å²) in [6, 6.07) is 14.1. The first-order chi connectivity index (χ1) is 17.7. The third-order valence-corrected chi connectivity index (χ3v) is 5.97. The van der Waals surface area contributed by atoms with E-state index in [1.807, 2.05) is 54.6 Å². The smallest absolute Gasteiger partial charge is 0.243 e. The van der Waals surface area contributed by atoms with E-state index >= 15 is 0 Å². The topological polar surface area (TPSA) is 208 Å². The molecule has 11 nitrogen and oxygen atoms in total. The number of rotatable bonds is 13. The Balaban J connectivity index is 1.70. The SMILES string of the molecule is NC(=O)[C@H](Cc1c[nH]c2ccccc12)NC(=O)[C@H](CCCN=C(N)N)NC(=O)[C@H](N)Cc1ccccc1. The minimum Gasteiger partial charge on any atom is -0.370 e. The number of nitrogens with one attached hydrogen (secondary N) is 3. The van der Waals surface area contributed by atoms with Gasteiger partial charge in [-0.1, -0.05) is 48.5 Å². The van der Waals surface area contributed by atoms with Crippen LogP contribution in [0.15, 0.2) is 65.8 Å². The number of hydrogen-bond acceptors (Lipinski definition) is 5. The Morgan fingerprint density at radius 3 is 2.24 bits per heavy atom. The van der Waals surface area contributed by atoms with Gasteiger partial charge in [0.2, 0.25) is 17.7 Å². The molecule has 0 fully saturated rings. The number of aromatic amines is 1. The summed E-state index contributed by atoms with van der Waals surface area (Å²) in [6.07, 6.45) is 2.91. The zero-order valence-corrected chi connectivity index (χ0v) is 20.5. The normalized spacial score (nSPS) is 13.3. The zero-order chi connectivity index (χ0) is 26.8. The van der Waals surface area contributed by atoms with Gasteiger partial charge in [-0.05, 0) is 36.5 Å². The van der Waals surface area contributed by atoms with Crippen molar-refractivity contribution in [2.75, 3.05) is 6.54 Å². The highest BCUT2D eigenvalue weighted by Gasteiger charge is 2.27. The highest BCUT2D eigenvalue weighted by atomic mass is 16.2. The van der Waals surface area contributed by atoms with Crippen LogP contribution >= 0.6 is 0 Å². The molecule has 0 unspecified atom stereocenters. The summed E-state index contributed by atoms with van der Waals surface area (Å²) in [4.78, 5) is 45.4. The molecule has 1 aromatic heterocycles. The number of aliphatic imine (C=N–C) groups is 1. The Hall–Kier alpha value is -4.38. The van der Waals surface area contributed by atoms with Crippen LogP contribution in [0.25, 0.3) is 10.9 Å². The van der Waals surface area contributed by atoms with Gasteiger partial charge in [0.05, 0.1) is 6.04 Å². The maximum atomic E-state index is 13.2. The third kappa shape index (κ3) is 8.07. The van der Waals surface area contributed by atoms with Gasteiger partial charge < -0.3 is 38.6 Å². The van der Waals surface area contributed by atoms with Crippen molar-refractivity contribution in [2.24, 2.45) is 27.9 Å². The highest BCUT2D eigenvalue weighted by molar-refractivity contribution is 5.93. The number of carbonyl (C=O) groups excluding carboxylic acids is 3. The first-order valence-corrected chi connectivity index (χ1v) is 12.0. The van der Waals surface area contributed by atoms with Crippen molar-refractivity contribution in [3.8, 4) is 0 Å². The molecule has 0 saturated carbocycles. The predicted molar refractivity (Wildman–Crippen MR) is 143 cm³/mol. The second-order valence-corrected chi connectivity index (χ2v) is 8.83. The van der Waals surface area contributed by atoms with E-state index in [1.165, 1.54) is 0 Å². The van der Waals surface area contributed by atoms with E-state index in [9.17, 15) is 14.4 Å². The van der Waals surface area contributed by atoms with Crippen LogP contribution in [0.5, 0.6) is 0 Å². The summed E-state index contributed by atoms with van der Waals surface area (Å²) in [5.41, 5.74) is 25.1. The van der Waals surface area contributed by atoms with Crippen LogP contribution in [-0.4, -0.2) is 53.3 Å². The van der Waals surface area contributed by atoms with Gasteiger partial charge in [0.25, 0.3) is 0 Å². The lowest BCUT2D eigenvalue weighted by Crippen LogP contribution is -2.56. The van der Waals surface area contributed by atoms with Crippen LogP contribution in [0.4, 0.5) is 0 Å². The maximum absolute atomic E-state index is 13.2. The monoisotopic (exact) mass is 506 g/mol. The van der Waals surface area contributed by atoms with Gasteiger partial charge in [-0.2, -0.15) is 0 Å². The average molecular weight is 507 g/mol. The van der Waals surface area contributed by atoms with Crippen molar-refractivity contribution < 1.29 is 14.4 Å². The van der Waals surface area contributed by atoms with E-state index in [0.29, 0.717) is 12.8 Å². The molecule has 2 aromatic carbocycles. The molecule has 196 valence electrons. The number of aromatic nitrogens is 1. The van der Waals surface area contributed by atoms with Gasteiger partial charge >= 0.3 is 0 Å². The third-order valence-electron chi connectivity index (χ3n) is 5.97. The Kier molecular flexibility index (Phi) is 9.61. The number of para-hydroxylation sites is 1. The lowest BCUT2D eigenvalue weighted by molar-refractivity contribution is -0.131. The first-order valence-electron chi connectivity index (χ1n) is 12.0. The Morgan fingerprint density at radius 1 is 0.865 bits per heavy atom. The number of amides is 3. The summed E-state index contributed by atoms with van der Waals surface area (Å²) in [5, 5.41) is 6.34. The summed E-state index contributed by atoms with van der Waals surface area (Å²) in [5.74, 6) is -1.79. The molecule has 3 atom stereocenters. The number of guanidine groups is 1. The molecule has 11 N–H and O–H groups in total. The van der Waals surface area contributed by atoms with Gasteiger partial charge in [-0.15, -0.1) is 0 Å². The molecule has 3 amide bonds. The average Bonchev–Trinajstić information content (AvgIpc) is 3.28. The van der Waals surface area contributed by atoms with Gasteiger partial charge in [0.15, 0.2) is 5.96 Å². The van der Waals surface area contributed by atoms with Crippen molar-refractivity contribution in [3.05, 3.63) is 71.9 Å². The van der Waals surface area contributed by atoms with Crippen molar-refractivity contribution >= 4 is 34.6 Å². The van der Waals surface area contributed by atoms with Crippen LogP contribution in [0.1, 0.15) is 24.0 Å². The van der Waals surface area contributed by atoms with E-state index < -0.39 is 35.8 Å². The number of carbonyl (C=O) groups is 3. The number of hydrogen-bond donors (Lipinski definition) is 7. The molecular formula is C26H34N8O3. The zero-order valence-electron chi connectivity index (χ0n) is 20.5. The number of primary amides is 1. The molecule has 0 aliphatic heterocycles. The molecule has 0 radical (unpaired) electrons. The molecule has 3 rings (SSSR count). The molecule has 11 heteroatoms. The number of nitrogens with zero attached hydrogens (tertiary/aromatic N) is 1. The molecule has 37 heavy (non-hydrogen) atoms. The van der Waals surface area contributed by atoms with Gasteiger partial charge in [-0.3, -0.25) is 19.4 Å². The summed E-state index contributed by atoms with van der Waals surface area (Å²) < 4.78 is 0. The molecule has 3 aromatic rings. The minimum atomic E-state index is -0.984. The Morgan fingerprint density at radius 2 is 1.54 bits per heavy atom. The van der Waals surface area contributed by atoms with E-state index in [1.54, 1.807) is 6.20 Å². The molecule has 0 aliphatic rings. The number of benzene rings is 2. The fraction of sp³-hybridized carbons (Fsp3) is 0.308. The summed E-state index contributed by atoms with van der Waals surface area (Å²) in [6.45, 7) is 0.270. The molecule has 0 spiro atoms. The predicted octanol–water partition coefficient (Wildman–Crippen LogP) is -0.211. The van der Waals surface area contributed by atoms with Crippen LogP contribution in [0, 0.1) is 0 Å². The second kappa shape index (κ2) is 13.1. The fourth-order valence-corrected chi connectivity index (χ4v) is 4.03. The van der Waals surface area contributed by atoms with Crippen molar-refractivity contribution in [1.82, 2.24) is 15.6 Å². The molecule has 1 heterocycles. The minimum absolute atomic E-state index is 0.0672. The largest absolute Gasteiger partial charge is 0.370 e. The molecule has 0 bridgehead atoms. The second-order valence-electron chi connectivity index (χ2n) is 8.83. The number of nitrogens with two attached hydrogens (primary N) is 4. The Labute approximate surface area is 215 Å². The van der Waals surface area contributed by atoms with E-state index in [-0.39, 0.29) is 25.3 Å². The van der Waals surface area contributed by atoms with E-state index in [0.717, 1.165) is 22.0 Å². The first kappa shape index (κ1) is 27.2. The van der Waals surface area contributed by atoms with Gasteiger partial charge in [0, 0.05) is 30.1 Å². The van der Waals surface area contributed by atoms with Crippen LogP contribution in [-0.2, 0) is 27.2 Å². The number of fused-ring (bicyclic) bond motifs is 1.